The number of carbonyl (C=O) groups is 2. The molecule has 7 unspecified atom stereocenters. The number of hydrogen-bond acceptors (Lipinski definition) is 7. The Kier molecular flexibility index (Phi) is 14.2. The fourth-order valence-corrected chi connectivity index (χ4v) is 4.60. The monoisotopic (exact) mass is 587 g/mol. The lowest BCUT2D eigenvalue weighted by Crippen LogP contribution is -2.44. The molecular formula is C23H39F6NO7S. The maximum atomic E-state index is 13.2. The Morgan fingerprint density at radius 1 is 1.00 bits per heavy atom. The quantitative estimate of drug-likeness (QED) is 0.105. The van der Waals surface area contributed by atoms with Gasteiger partial charge in [-0.3, -0.25) is 9.59 Å². The van der Waals surface area contributed by atoms with Crippen LogP contribution in [0.4, 0.5) is 26.3 Å². The minimum absolute atomic E-state index is 0.0737. The molecule has 226 valence electrons. The van der Waals surface area contributed by atoms with Gasteiger partial charge in [0.25, 0.3) is 0 Å². The summed E-state index contributed by atoms with van der Waals surface area (Å²) in [5, 5.41) is 10.6. The van der Waals surface area contributed by atoms with Gasteiger partial charge in [-0.05, 0) is 60.3 Å². The number of alkyl halides is 6. The Hall–Kier alpha value is -1.45. The first-order valence-electron chi connectivity index (χ1n) is 12.1. The lowest BCUT2D eigenvalue weighted by Gasteiger charge is -2.37. The van der Waals surface area contributed by atoms with Gasteiger partial charge in [-0.25, -0.2) is 4.21 Å². The van der Waals surface area contributed by atoms with Crippen molar-refractivity contribution in [2.24, 2.45) is 16.7 Å². The summed E-state index contributed by atoms with van der Waals surface area (Å²) in [5.41, 5.74) is -3.01. The summed E-state index contributed by atoms with van der Waals surface area (Å²) in [6, 6.07) is 0. The molecule has 0 aromatic carbocycles. The Balaban J connectivity index is 5.66. The van der Waals surface area contributed by atoms with Crippen LogP contribution in [0.15, 0.2) is 0 Å². The second-order valence-electron chi connectivity index (χ2n) is 10.2. The van der Waals surface area contributed by atoms with Crippen molar-refractivity contribution in [3.63, 3.8) is 0 Å². The Morgan fingerprint density at radius 3 is 1.97 bits per heavy atom. The van der Waals surface area contributed by atoms with Crippen molar-refractivity contribution in [1.82, 2.24) is 5.32 Å². The molecule has 7 atom stereocenters. The van der Waals surface area contributed by atoms with Gasteiger partial charge in [0.15, 0.2) is 11.1 Å². The molecule has 0 bridgehead atoms. The number of hydrogen-bond donors (Lipinski definition) is 3. The summed E-state index contributed by atoms with van der Waals surface area (Å²) in [7, 11) is 0. The van der Waals surface area contributed by atoms with Crippen LogP contribution < -0.4 is 5.32 Å². The van der Waals surface area contributed by atoms with Gasteiger partial charge in [0.05, 0.1) is 40.8 Å². The second kappa shape index (κ2) is 14.8. The van der Waals surface area contributed by atoms with Gasteiger partial charge in [0.2, 0.25) is 0 Å². The van der Waals surface area contributed by atoms with Crippen LogP contribution in [0.3, 0.4) is 0 Å². The Bertz CT molecular complexity index is 795. The number of carbonyl (C=O) groups excluding carboxylic acids is 2. The van der Waals surface area contributed by atoms with Crippen molar-refractivity contribution in [2.75, 3.05) is 19.7 Å². The number of ether oxygens (including phenoxy) is 2. The number of aliphatic hydroxyl groups excluding tert-OH is 1. The van der Waals surface area contributed by atoms with E-state index in [9.17, 15) is 49.8 Å². The molecule has 0 saturated carbocycles. The van der Waals surface area contributed by atoms with Gasteiger partial charge in [0.1, 0.15) is 6.61 Å². The fraction of sp³-hybridized carbons (Fsp3) is 0.913. The summed E-state index contributed by atoms with van der Waals surface area (Å²) in [5.74, 6) is -3.97. The lowest BCUT2D eigenvalue weighted by atomic mass is 9.69. The molecular weight excluding hydrogens is 548 g/mol. The van der Waals surface area contributed by atoms with Crippen LogP contribution in [0.25, 0.3) is 0 Å². The molecule has 0 aromatic rings. The fourth-order valence-electron chi connectivity index (χ4n) is 4.09. The molecule has 0 radical (unpaired) electrons. The van der Waals surface area contributed by atoms with Crippen molar-refractivity contribution < 1.29 is 59.3 Å². The highest BCUT2D eigenvalue weighted by atomic mass is 32.2. The first-order valence-corrected chi connectivity index (χ1v) is 13.2. The minimum atomic E-state index is -4.73. The van der Waals surface area contributed by atoms with E-state index in [1.54, 1.807) is 6.92 Å². The predicted molar refractivity (Wildman–Crippen MR) is 127 cm³/mol. The molecule has 0 fully saturated rings. The van der Waals surface area contributed by atoms with Crippen LogP contribution in [0.1, 0.15) is 67.2 Å². The average Bonchev–Trinajstić information content (AvgIpc) is 2.74. The lowest BCUT2D eigenvalue weighted by molar-refractivity contribution is -0.208. The first kappa shape index (κ1) is 36.5. The maximum absolute atomic E-state index is 13.2. The molecule has 38 heavy (non-hydrogen) atoms. The Morgan fingerprint density at radius 2 is 1.55 bits per heavy atom. The molecule has 0 aliphatic heterocycles. The molecule has 0 heterocycles. The molecule has 0 aliphatic rings. The molecule has 8 nitrogen and oxygen atoms in total. The summed E-state index contributed by atoms with van der Waals surface area (Å²) >= 11 is -2.35. The molecule has 0 saturated heterocycles. The van der Waals surface area contributed by atoms with E-state index in [1.807, 2.05) is 0 Å². The smallest absolute Gasteiger partial charge is 0.401 e. The zero-order valence-corrected chi connectivity index (χ0v) is 23.2. The number of aliphatic hydroxyl groups is 1. The van der Waals surface area contributed by atoms with E-state index >= 15 is 0 Å². The molecule has 0 rings (SSSR count). The van der Waals surface area contributed by atoms with E-state index in [1.165, 1.54) is 27.7 Å². The number of esters is 2. The SMILES string of the molecule is CCC(C)(CC(C)(CC(C)S(=O)O)C(=O)OCCNCC(F)(F)F)C(=O)OC(C)CC(C(C)O)C(F)(F)F. The number of rotatable bonds is 16. The van der Waals surface area contributed by atoms with E-state index in [2.05, 4.69) is 5.32 Å². The van der Waals surface area contributed by atoms with Crippen LogP contribution in [-0.2, 0) is 30.1 Å². The van der Waals surface area contributed by atoms with E-state index in [4.69, 9.17) is 9.47 Å². The van der Waals surface area contributed by atoms with Crippen LogP contribution >= 0.6 is 0 Å². The third kappa shape index (κ3) is 12.6. The van der Waals surface area contributed by atoms with Crippen molar-refractivity contribution in [2.45, 2.75) is 97.0 Å². The molecule has 0 spiro atoms. The third-order valence-corrected chi connectivity index (χ3v) is 7.22. The van der Waals surface area contributed by atoms with Crippen LogP contribution in [0.2, 0.25) is 0 Å². The highest BCUT2D eigenvalue weighted by Crippen LogP contribution is 2.43. The molecule has 3 N–H and O–H groups in total. The predicted octanol–water partition coefficient (Wildman–Crippen LogP) is 4.38. The highest BCUT2D eigenvalue weighted by Gasteiger charge is 2.48. The maximum Gasteiger partial charge on any atom is 0.401 e. The van der Waals surface area contributed by atoms with Crippen molar-refractivity contribution in [3.8, 4) is 0 Å². The zero-order valence-electron chi connectivity index (χ0n) is 22.4. The largest absolute Gasteiger partial charge is 0.464 e. The van der Waals surface area contributed by atoms with Crippen LogP contribution in [-0.4, -0.2) is 75.3 Å². The van der Waals surface area contributed by atoms with Gasteiger partial charge in [-0.1, -0.05) is 6.92 Å². The highest BCUT2D eigenvalue weighted by molar-refractivity contribution is 7.79. The summed E-state index contributed by atoms with van der Waals surface area (Å²) in [6.07, 6.45) is -13.3. The van der Waals surface area contributed by atoms with Crippen LogP contribution in [0, 0.1) is 16.7 Å². The summed E-state index contributed by atoms with van der Waals surface area (Å²) < 4.78 is 108. The van der Waals surface area contributed by atoms with Gasteiger partial charge >= 0.3 is 24.3 Å². The van der Waals surface area contributed by atoms with Gasteiger partial charge < -0.3 is 24.4 Å². The average molecular weight is 588 g/mol. The molecule has 0 amide bonds. The third-order valence-electron chi connectivity index (χ3n) is 6.36. The van der Waals surface area contributed by atoms with E-state index in [0.717, 1.165) is 6.92 Å². The number of nitrogens with one attached hydrogen (secondary N) is 1. The van der Waals surface area contributed by atoms with E-state index in [-0.39, 0.29) is 25.8 Å². The normalized spacial score (nSPS) is 19.8. The molecule has 15 heteroatoms. The van der Waals surface area contributed by atoms with Gasteiger partial charge in [-0.2, -0.15) is 26.3 Å². The molecule has 0 aromatic heterocycles. The van der Waals surface area contributed by atoms with Gasteiger partial charge in [0, 0.05) is 6.54 Å². The van der Waals surface area contributed by atoms with Crippen molar-refractivity contribution >= 4 is 23.0 Å². The Labute approximate surface area is 221 Å². The molecule has 0 aliphatic carbocycles. The topological polar surface area (TPSA) is 122 Å². The summed E-state index contributed by atoms with van der Waals surface area (Å²) in [6.45, 7) is 5.92. The standard InChI is InChI=1S/C23H39F6NO7S/c1-7-20(5,19(33)37-14(2)10-17(16(4)31)23(27,28)29)12-21(6,11-15(3)38(34)35)18(32)36-9-8-30-13-22(24,25)26/h14-17,30-31H,7-13H2,1-6H3,(H,34,35). The first-order chi connectivity index (χ1) is 17.1. The second-order valence-corrected chi connectivity index (χ2v) is 11.6. The van der Waals surface area contributed by atoms with Crippen molar-refractivity contribution in [1.29, 1.82) is 0 Å². The van der Waals surface area contributed by atoms with E-state index in [0.29, 0.717) is 0 Å². The van der Waals surface area contributed by atoms with Crippen LogP contribution in [0.5, 0.6) is 0 Å². The number of halogens is 6. The van der Waals surface area contributed by atoms with Gasteiger partial charge in [-0.15, -0.1) is 0 Å². The zero-order chi connectivity index (χ0) is 30.1. The minimum Gasteiger partial charge on any atom is -0.464 e. The van der Waals surface area contributed by atoms with Crippen molar-refractivity contribution in [3.05, 3.63) is 0 Å². The summed E-state index contributed by atoms with van der Waals surface area (Å²) in [4.78, 5) is 26.1. The van der Waals surface area contributed by atoms with E-state index < -0.39 is 89.1 Å².